The highest BCUT2D eigenvalue weighted by Gasteiger charge is 2.25. The maximum atomic E-state index is 13.3. The second-order valence-corrected chi connectivity index (χ2v) is 2.95. The van der Waals surface area contributed by atoms with Gasteiger partial charge in [-0.3, -0.25) is 0 Å². The average molecular weight is 183 g/mol. The summed E-state index contributed by atoms with van der Waals surface area (Å²) in [6.45, 7) is 0. The molecule has 1 aromatic rings. The molecule has 1 heterocycles. The molecular weight excluding hydrogens is 173 g/mol. The normalized spacial score (nSPS) is 15.5. The molecule has 70 valence electrons. The molecule has 4 heteroatoms. The van der Waals surface area contributed by atoms with Crippen molar-refractivity contribution in [2.45, 2.75) is 18.9 Å². The van der Waals surface area contributed by atoms with Crippen molar-refractivity contribution in [2.75, 3.05) is 7.11 Å². The second-order valence-electron chi connectivity index (χ2n) is 2.95. The van der Waals surface area contributed by atoms with Gasteiger partial charge in [-0.1, -0.05) is 0 Å². The molecule has 0 amide bonds. The van der Waals surface area contributed by atoms with E-state index in [-0.39, 0.29) is 17.7 Å². The molecule has 0 spiro atoms. The highest BCUT2D eigenvalue weighted by molar-refractivity contribution is 5.29. The van der Waals surface area contributed by atoms with Crippen LogP contribution in [0.5, 0.6) is 11.6 Å². The fourth-order valence-corrected chi connectivity index (χ4v) is 1.01. The summed E-state index contributed by atoms with van der Waals surface area (Å²) in [6.07, 6.45) is 3.66. The van der Waals surface area contributed by atoms with E-state index in [2.05, 4.69) is 4.98 Å². The lowest BCUT2D eigenvalue weighted by atomic mass is 10.4. The van der Waals surface area contributed by atoms with Crippen molar-refractivity contribution >= 4 is 0 Å². The lowest BCUT2D eigenvalue weighted by molar-refractivity contribution is 0.277. The molecule has 1 aliphatic carbocycles. The van der Waals surface area contributed by atoms with Gasteiger partial charge < -0.3 is 9.47 Å². The zero-order valence-electron chi connectivity index (χ0n) is 7.29. The minimum absolute atomic E-state index is 0.0156. The Kier molecular flexibility index (Phi) is 2.04. The molecule has 0 unspecified atom stereocenters. The van der Waals surface area contributed by atoms with E-state index in [0.29, 0.717) is 0 Å². The quantitative estimate of drug-likeness (QED) is 0.715. The molecule has 1 aliphatic rings. The Morgan fingerprint density at radius 1 is 1.54 bits per heavy atom. The number of ether oxygens (including phenoxy) is 2. The van der Waals surface area contributed by atoms with Crippen molar-refractivity contribution in [2.24, 2.45) is 0 Å². The van der Waals surface area contributed by atoms with E-state index in [1.807, 2.05) is 0 Å². The van der Waals surface area contributed by atoms with Crippen molar-refractivity contribution in [3.05, 3.63) is 18.1 Å². The van der Waals surface area contributed by atoms with Gasteiger partial charge in [0.2, 0.25) is 5.82 Å². The monoisotopic (exact) mass is 183 g/mol. The molecule has 1 aromatic heterocycles. The highest BCUT2D eigenvalue weighted by atomic mass is 19.1. The van der Waals surface area contributed by atoms with Gasteiger partial charge >= 0.3 is 0 Å². The van der Waals surface area contributed by atoms with Gasteiger partial charge in [-0.2, -0.15) is 4.39 Å². The van der Waals surface area contributed by atoms with E-state index in [9.17, 15) is 4.39 Å². The summed E-state index contributed by atoms with van der Waals surface area (Å²) in [5, 5.41) is 0. The maximum absolute atomic E-state index is 13.3. The SMILES string of the molecule is COc1nccc(OC2CC2)c1F. The van der Waals surface area contributed by atoms with Crippen LogP contribution in [0.25, 0.3) is 0 Å². The van der Waals surface area contributed by atoms with Crippen molar-refractivity contribution in [1.29, 1.82) is 0 Å². The van der Waals surface area contributed by atoms with Gasteiger partial charge in [0.25, 0.3) is 5.88 Å². The Morgan fingerprint density at radius 2 is 2.31 bits per heavy atom. The third kappa shape index (κ3) is 1.71. The van der Waals surface area contributed by atoms with Crippen LogP contribution >= 0.6 is 0 Å². The molecule has 0 saturated heterocycles. The van der Waals surface area contributed by atoms with E-state index in [1.165, 1.54) is 19.4 Å². The first-order valence-corrected chi connectivity index (χ1v) is 4.16. The smallest absolute Gasteiger partial charge is 0.254 e. The number of hydrogen-bond donors (Lipinski definition) is 0. The fraction of sp³-hybridized carbons (Fsp3) is 0.444. The van der Waals surface area contributed by atoms with Crippen LogP contribution in [-0.2, 0) is 0 Å². The molecule has 3 nitrogen and oxygen atoms in total. The molecule has 1 fully saturated rings. The zero-order valence-corrected chi connectivity index (χ0v) is 7.29. The Balaban J connectivity index is 2.22. The number of aromatic nitrogens is 1. The first kappa shape index (κ1) is 8.29. The summed E-state index contributed by atoms with van der Waals surface area (Å²) in [5.41, 5.74) is 0. The van der Waals surface area contributed by atoms with Crippen LogP contribution in [0.1, 0.15) is 12.8 Å². The van der Waals surface area contributed by atoms with Gasteiger partial charge in [0.05, 0.1) is 13.2 Å². The van der Waals surface area contributed by atoms with E-state index >= 15 is 0 Å². The highest BCUT2D eigenvalue weighted by Crippen LogP contribution is 2.30. The number of pyridine rings is 1. The molecule has 0 aliphatic heterocycles. The Bertz CT molecular complexity index is 312. The summed E-state index contributed by atoms with van der Waals surface area (Å²) < 4.78 is 23.4. The first-order valence-electron chi connectivity index (χ1n) is 4.16. The van der Waals surface area contributed by atoms with Crippen LogP contribution in [-0.4, -0.2) is 18.2 Å². The predicted molar refractivity (Wildman–Crippen MR) is 44.4 cm³/mol. The van der Waals surface area contributed by atoms with Crippen molar-refractivity contribution < 1.29 is 13.9 Å². The molecule has 13 heavy (non-hydrogen) atoms. The molecule has 0 aromatic carbocycles. The lowest BCUT2D eigenvalue weighted by Crippen LogP contribution is -2.00. The molecule has 1 saturated carbocycles. The van der Waals surface area contributed by atoms with Crippen LogP contribution in [0.3, 0.4) is 0 Å². The van der Waals surface area contributed by atoms with Crippen molar-refractivity contribution in [3.8, 4) is 11.6 Å². The summed E-state index contributed by atoms with van der Waals surface area (Å²) in [6, 6.07) is 1.51. The third-order valence-electron chi connectivity index (χ3n) is 1.83. The summed E-state index contributed by atoms with van der Waals surface area (Å²) in [4.78, 5) is 3.71. The van der Waals surface area contributed by atoms with Crippen LogP contribution < -0.4 is 9.47 Å². The average Bonchev–Trinajstić information content (AvgIpc) is 2.92. The Labute approximate surface area is 75.5 Å². The van der Waals surface area contributed by atoms with Crippen LogP contribution in [0.4, 0.5) is 4.39 Å². The van der Waals surface area contributed by atoms with E-state index in [4.69, 9.17) is 9.47 Å². The summed E-state index contributed by atoms with van der Waals surface area (Å²) in [7, 11) is 1.38. The van der Waals surface area contributed by atoms with Gasteiger partial charge in [0.1, 0.15) is 0 Å². The van der Waals surface area contributed by atoms with Crippen LogP contribution in [0.2, 0.25) is 0 Å². The van der Waals surface area contributed by atoms with Crippen LogP contribution in [0.15, 0.2) is 12.3 Å². The van der Waals surface area contributed by atoms with Crippen molar-refractivity contribution in [3.63, 3.8) is 0 Å². The second kappa shape index (κ2) is 3.20. The lowest BCUT2D eigenvalue weighted by Gasteiger charge is -2.06. The number of methoxy groups -OCH3 is 1. The first-order chi connectivity index (χ1) is 6.31. The fourth-order valence-electron chi connectivity index (χ4n) is 1.01. The molecule has 2 rings (SSSR count). The van der Waals surface area contributed by atoms with Gasteiger partial charge in [-0.25, -0.2) is 4.98 Å². The van der Waals surface area contributed by atoms with Crippen LogP contribution in [0, 0.1) is 5.82 Å². The van der Waals surface area contributed by atoms with Gasteiger partial charge in [-0.05, 0) is 12.8 Å². The van der Waals surface area contributed by atoms with Gasteiger partial charge in [-0.15, -0.1) is 0 Å². The molecule has 0 N–H and O–H groups in total. The minimum atomic E-state index is -0.517. The number of halogens is 1. The predicted octanol–water partition coefficient (Wildman–Crippen LogP) is 1.77. The van der Waals surface area contributed by atoms with Gasteiger partial charge in [0.15, 0.2) is 5.75 Å². The van der Waals surface area contributed by atoms with Gasteiger partial charge in [0, 0.05) is 12.3 Å². The van der Waals surface area contributed by atoms with E-state index in [0.717, 1.165) is 12.8 Å². The van der Waals surface area contributed by atoms with E-state index in [1.54, 1.807) is 0 Å². The molecule has 0 radical (unpaired) electrons. The van der Waals surface area contributed by atoms with E-state index < -0.39 is 5.82 Å². The summed E-state index contributed by atoms with van der Waals surface area (Å²) >= 11 is 0. The molecule has 0 bridgehead atoms. The minimum Gasteiger partial charge on any atom is -0.487 e. The maximum Gasteiger partial charge on any atom is 0.254 e. The topological polar surface area (TPSA) is 31.4 Å². The largest absolute Gasteiger partial charge is 0.487 e. The zero-order chi connectivity index (χ0) is 9.26. The number of hydrogen-bond acceptors (Lipinski definition) is 3. The molecular formula is C9H10FNO2. The third-order valence-corrected chi connectivity index (χ3v) is 1.83. The Morgan fingerprint density at radius 3 is 2.92 bits per heavy atom. The van der Waals surface area contributed by atoms with Crippen molar-refractivity contribution in [1.82, 2.24) is 4.98 Å². The Hall–Kier alpha value is -1.32. The summed E-state index contributed by atoms with van der Waals surface area (Å²) in [5.74, 6) is -0.301. The standard InChI is InChI=1S/C9H10FNO2/c1-12-9-8(10)7(4-5-11-9)13-6-2-3-6/h4-6H,2-3H2,1H3. The number of rotatable bonds is 3. The number of nitrogens with zero attached hydrogens (tertiary/aromatic N) is 1. The molecule has 0 atom stereocenters.